The van der Waals surface area contributed by atoms with E-state index in [4.69, 9.17) is 16.3 Å². The van der Waals surface area contributed by atoms with Crippen LogP contribution in [0.25, 0.3) is 0 Å². The second-order valence-corrected chi connectivity index (χ2v) is 5.69. The number of hydrogen-bond acceptors (Lipinski definition) is 3. The van der Waals surface area contributed by atoms with Crippen LogP contribution in [0.2, 0.25) is 5.02 Å². The zero-order valence-corrected chi connectivity index (χ0v) is 13.4. The van der Waals surface area contributed by atoms with Crippen LogP contribution in [0.15, 0.2) is 24.3 Å². The van der Waals surface area contributed by atoms with Crippen molar-refractivity contribution in [2.75, 3.05) is 19.7 Å². The van der Waals surface area contributed by atoms with Crippen LogP contribution in [0.1, 0.15) is 25.3 Å². The van der Waals surface area contributed by atoms with Crippen LogP contribution in [0, 0.1) is 5.92 Å². The molecular formula is C16H21ClN2O3. The molecule has 0 aromatic heterocycles. The first-order valence-corrected chi connectivity index (χ1v) is 7.92. The second kappa shape index (κ2) is 8.03. The number of halogens is 1. The summed E-state index contributed by atoms with van der Waals surface area (Å²) in [6.07, 6.45) is 1.58. The number of piperidine rings is 1. The van der Waals surface area contributed by atoms with Gasteiger partial charge in [0.2, 0.25) is 0 Å². The summed E-state index contributed by atoms with van der Waals surface area (Å²) in [5, 5.41) is 3.48. The molecule has 22 heavy (non-hydrogen) atoms. The van der Waals surface area contributed by atoms with Gasteiger partial charge in [-0.05, 0) is 31.4 Å². The molecule has 0 radical (unpaired) electrons. The summed E-state index contributed by atoms with van der Waals surface area (Å²) in [4.78, 5) is 25.7. The van der Waals surface area contributed by atoms with Crippen molar-refractivity contribution in [3.63, 3.8) is 0 Å². The molecule has 5 nitrogen and oxygen atoms in total. The quantitative estimate of drug-likeness (QED) is 0.866. The molecule has 1 heterocycles. The van der Waals surface area contributed by atoms with Gasteiger partial charge in [0.25, 0.3) is 0 Å². The molecule has 1 unspecified atom stereocenters. The standard InChI is InChI=1S/C16H21ClN2O3/c1-2-22-15(20)13-7-5-9-19(11-13)16(21)18-10-12-6-3-4-8-14(12)17/h3-4,6,8,13H,2,5,7,9-11H2,1H3,(H,18,21). The largest absolute Gasteiger partial charge is 0.466 e. The Morgan fingerprint density at radius 2 is 2.18 bits per heavy atom. The molecule has 2 rings (SSSR count). The van der Waals surface area contributed by atoms with E-state index in [-0.39, 0.29) is 17.9 Å². The lowest BCUT2D eigenvalue weighted by atomic mass is 9.98. The highest BCUT2D eigenvalue weighted by Crippen LogP contribution is 2.18. The maximum Gasteiger partial charge on any atom is 0.317 e. The predicted octanol–water partition coefficient (Wildman–Crippen LogP) is 2.82. The van der Waals surface area contributed by atoms with E-state index in [1.165, 1.54) is 0 Å². The Hall–Kier alpha value is -1.75. The summed E-state index contributed by atoms with van der Waals surface area (Å²) in [6, 6.07) is 7.22. The maximum atomic E-state index is 12.2. The number of rotatable bonds is 4. The van der Waals surface area contributed by atoms with E-state index in [0.29, 0.717) is 31.3 Å². The van der Waals surface area contributed by atoms with Gasteiger partial charge in [-0.3, -0.25) is 4.79 Å². The Kier molecular flexibility index (Phi) is 6.07. The van der Waals surface area contributed by atoms with E-state index in [1.807, 2.05) is 18.2 Å². The highest BCUT2D eigenvalue weighted by molar-refractivity contribution is 6.31. The van der Waals surface area contributed by atoms with E-state index < -0.39 is 0 Å². The second-order valence-electron chi connectivity index (χ2n) is 5.29. The number of amides is 2. The van der Waals surface area contributed by atoms with Gasteiger partial charge >= 0.3 is 12.0 Å². The van der Waals surface area contributed by atoms with Crippen LogP contribution >= 0.6 is 11.6 Å². The van der Waals surface area contributed by atoms with Crippen molar-refractivity contribution in [3.05, 3.63) is 34.9 Å². The number of carbonyl (C=O) groups is 2. The lowest BCUT2D eigenvalue weighted by molar-refractivity contribution is -0.149. The number of nitrogens with one attached hydrogen (secondary N) is 1. The van der Waals surface area contributed by atoms with Crippen molar-refractivity contribution in [3.8, 4) is 0 Å². The Balaban J connectivity index is 1.87. The molecule has 120 valence electrons. The molecule has 0 bridgehead atoms. The number of carbonyl (C=O) groups excluding carboxylic acids is 2. The average Bonchev–Trinajstić information content (AvgIpc) is 2.54. The SMILES string of the molecule is CCOC(=O)C1CCCN(C(=O)NCc2ccccc2Cl)C1. The zero-order valence-electron chi connectivity index (χ0n) is 12.7. The normalized spacial score (nSPS) is 17.9. The third-order valence-corrected chi connectivity index (χ3v) is 4.09. The van der Waals surface area contributed by atoms with Gasteiger partial charge in [-0.25, -0.2) is 4.79 Å². The molecule has 1 aromatic rings. The predicted molar refractivity (Wildman–Crippen MR) is 84.6 cm³/mol. The first kappa shape index (κ1) is 16.6. The molecular weight excluding hydrogens is 304 g/mol. The van der Waals surface area contributed by atoms with Gasteiger partial charge in [0, 0.05) is 24.7 Å². The molecule has 1 saturated heterocycles. The Morgan fingerprint density at radius 3 is 2.91 bits per heavy atom. The molecule has 1 fully saturated rings. The molecule has 1 N–H and O–H groups in total. The van der Waals surface area contributed by atoms with E-state index in [0.717, 1.165) is 18.4 Å². The highest BCUT2D eigenvalue weighted by atomic mass is 35.5. The summed E-state index contributed by atoms with van der Waals surface area (Å²) >= 11 is 6.07. The highest BCUT2D eigenvalue weighted by Gasteiger charge is 2.29. The number of ether oxygens (including phenoxy) is 1. The third kappa shape index (κ3) is 4.37. The van der Waals surface area contributed by atoms with Crippen LogP contribution < -0.4 is 5.32 Å². The number of hydrogen-bond donors (Lipinski definition) is 1. The van der Waals surface area contributed by atoms with Gasteiger partial charge in [0.15, 0.2) is 0 Å². The number of nitrogens with zero attached hydrogens (tertiary/aromatic N) is 1. The Morgan fingerprint density at radius 1 is 1.41 bits per heavy atom. The fourth-order valence-corrected chi connectivity index (χ4v) is 2.74. The molecule has 2 amide bonds. The van der Waals surface area contributed by atoms with E-state index in [9.17, 15) is 9.59 Å². The molecule has 1 aliphatic rings. The number of esters is 1. The summed E-state index contributed by atoms with van der Waals surface area (Å²) in [6.45, 7) is 3.60. The van der Waals surface area contributed by atoms with Gasteiger partial charge < -0.3 is 15.0 Å². The van der Waals surface area contributed by atoms with Crippen molar-refractivity contribution in [1.82, 2.24) is 10.2 Å². The van der Waals surface area contributed by atoms with Crippen molar-refractivity contribution in [1.29, 1.82) is 0 Å². The van der Waals surface area contributed by atoms with Crippen LogP contribution in [0.4, 0.5) is 4.79 Å². The van der Waals surface area contributed by atoms with Gasteiger partial charge in [-0.2, -0.15) is 0 Å². The van der Waals surface area contributed by atoms with E-state index in [1.54, 1.807) is 17.9 Å². The fraction of sp³-hybridized carbons (Fsp3) is 0.500. The molecule has 0 spiro atoms. The molecule has 1 aliphatic heterocycles. The summed E-state index contributed by atoms with van der Waals surface area (Å²) < 4.78 is 5.04. The minimum absolute atomic E-state index is 0.172. The minimum Gasteiger partial charge on any atom is -0.466 e. The smallest absolute Gasteiger partial charge is 0.317 e. The van der Waals surface area contributed by atoms with Crippen LogP contribution in [0.3, 0.4) is 0 Å². The van der Waals surface area contributed by atoms with Crippen LogP contribution in [-0.4, -0.2) is 36.6 Å². The van der Waals surface area contributed by atoms with Crippen molar-refractivity contribution >= 4 is 23.6 Å². The number of benzene rings is 1. The fourth-order valence-electron chi connectivity index (χ4n) is 2.54. The lowest BCUT2D eigenvalue weighted by Crippen LogP contribution is -2.47. The van der Waals surface area contributed by atoms with Gasteiger partial charge in [-0.15, -0.1) is 0 Å². The average molecular weight is 325 g/mol. The van der Waals surface area contributed by atoms with E-state index >= 15 is 0 Å². The van der Waals surface area contributed by atoms with Crippen molar-refractivity contribution in [2.24, 2.45) is 5.92 Å². The minimum atomic E-state index is -0.222. The maximum absolute atomic E-state index is 12.2. The molecule has 0 aliphatic carbocycles. The van der Waals surface area contributed by atoms with E-state index in [2.05, 4.69) is 5.32 Å². The van der Waals surface area contributed by atoms with Gasteiger partial charge in [0.1, 0.15) is 0 Å². The van der Waals surface area contributed by atoms with Crippen LogP contribution in [-0.2, 0) is 16.1 Å². The third-order valence-electron chi connectivity index (χ3n) is 3.72. The summed E-state index contributed by atoms with van der Waals surface area (Å²) in [5.74, 6) is -0.439. The van der Waals surface area contributed by atoms with Crippen molar-refractivity contribution in [2.45, 2.75) is 26.3 Å². The molecule has 6 heteroatoms. The Labute approximate surface area is 135 Å². The Bertz CT molecular complexity index is 536. The van der Waals surface area contributed by atoms with Gasteiger partial charge in [-0.1, -0.05) is 29.8 Å². The monoisotopic (exact) mass is 324 g/mol. The summed E-state index contributed by atoms with van der Waals surface area (Å²) in [7, 11) is 0. The van der Waals surface area contributed by atoms with Gasteiger partial charge in [0.05, 0.1) is 12.5 Å². The molecule has 1 atom stereocenters. The first-order chi connectivity index (χ1) is 10.6. The molecule has 0 saturated carbocycles. The number of likely N-dealkylation sites (tertiary alicyclic amines) is 1. The molecule has 1 aromatic carbocycles. The zero-order chi connectivity index (χ0) is 15.9. The topological polar surface area (TPSA) is 58.6 Å². The summed E-state index contributed by atoms with van der Waals surface area (Å²) in [5.41, 5.74) is 0.872. The first-order valence-electron chi connectivity index (χ1n) is 7.54. The van der Waals surface area contributed by atoms with Crippen molar-refractivity contribution < 1.29 is 14.3 Å². The number of urea groups is 1. The lowest BCUT2D eigenvalue weighted by Gasteiger charge is -2.31. The van der Waals surface area contributed by atoms with Crippen LogP contribution in [0.5, 0.6) is 0 Å².